The van der Waals surface area contributed by atoms with Gasteiger partial charge in [-0.25, -0.2) is 4.21 Å². The van der Waals surface area contributed by atoms with Crippen LogP contribution in [0, 0.1) is 0 Å². The molecule has 1 atom stereocenters. The van der Waals surface area contributed by atoms with E-state index in [-0.39, 0.29) is 0 Å². The zero-order chi connectivity index (χ0) is 8.27. The predicted molar refractivity (Wildman–Crippen MR) is 45.6 cm³/mol. The Morgan fingerprint density at radius 1 is 1.55 bits per heavy atom. The molecule has 1 rings (SSSR count). The Hall–Kier alpha value is -0.930. The number of rotatable bonds is 2. The Morgan fingerprint density at radius 2 is 2.27 bits per heavy atom. The summed E-state index contributed by atoms with van der Waals surface area (Å²) in [6, 6.07) is 6.77. The molecule has 0 bridgehead atoms. The molecule has 1 N–H and O–H groups in total. The molecule has 0 aliphatic carbocycles. The van der Waals surface area contributed by atoms with Crippen molar-refractivity contribution < 1.29 is 8.76 Å². The molecule has 0 spiro atoms. The maximum Gasteiger partial charge on any atom is 0.186 e. The molecule has 0 amide bonds. The molecule has 1 aromatic rings. The van der Waals surface area contributed by atoms with E-state index in [2.05, 4.69) is 6.58 Å². The van der Waals surface area contributed by atoms with E-state index in [1.807, 2.05) is 6.07 Å². The maximum absolute atomic E-state index is 10.5. The standard InChI is InChI=1S/C8H8O2S/c1-2-7-4-3-5-8(6-7)11(9)10/h2-6H,1H2,(H,9,10). The molecule has 0 saturated carbocycles. The third kappa shape index (κ3) is 2.00. The molecule has 0 heterocycles. The van der Waals surface area contributed by atoms with Crippen LogP contribution < -0.4 is 0 Å². The van der Waals surface area contributed by atoms with Crippen molar-refractivity contribution in [2.45, 2.75) is 4.90 Å². The number of benzene rings is 1. The van der Waals surface area contributed by atoms with E-state index in [0.29, 0.717) is 4.90 Å². The molecule has 1 aromatic carbocycles. The third-order valence-corrected chi connectivity index (χ3v) is 1.95. The Balaban J connectivity index is 3.10. The first kappa shape index (κ1) is 8.17. The molecule has 1 unspecified atom stereocenters. The normalized spacial score (nSPS) is 12.5. The van der Waals surface area contributed by atoms with Gasteiger partial charge in [0.25, 0.3) is 0 Å². The predicted octanol–water partition coefficient (Wildman–Crippen LogP) is 1.91. The van der Waals surface area contributed by atoms with Crippen molar-refractivity contribution in [3.05, 3.63) is 36.4 Å². The van der Waals surface area contributed by atoms with Gasteiger partial charge in [0.1, 0.15) is 0 Å². The minimum atomic E-state index is -1.89. The first-order valence-corrected chi connectivity index (χ1v) is 4.18. The average molecular weight is 168 g/mol. The summed E-state index contributed by atoms with van der Waals surface area (Å²) in [6.45, 7) is 3.55. The summed E-state index contributed by atoms with van der Waals surface area (Å²) in [5, 5.41) is 0. The van der Waals surface area contributed by atoms with Gasteiger partial charge in [-0.2, -0.15) is 0 Å². The first-order valence-electron chi connectivity index (χ1n) is 3.07. The molecule has 0 aliphatic heterocycles. The summed E-state index contributed by atoms with van der Waals surface area (Å²) in [5.41, 5.74) is 0.852. The zero-order valence-electron chi connectivity index (χ0n) is 5.86. The fourth-order valence-corrected chi connectivity index (χ4v) is 1.18. The van der Waals surface area contributed by atoms with Gasteiger partial charge in [-0.05, 0) is 17.7 Å². The average Bonchev–Trinajstić information content (AvgIpc) is 2.05. The number of hydrogen-bond acceptors (Lipinski definition) is 1. The van der Waals surface area contributed by atoms with Crippen LogP contribution in [0.4, 0.5) is 0 Å². The summed E-state index contributed by atoms with van der Waals surface area (Å²) >= 11 is -1.89. The lowest BCUT2D eigenvalue weighted by atomic mass is 10.2. The van der Waals surface area contributed by atoms with E-state index in [1.165, 1.54) is 0 Å². The monoisotopic (exact) mass is 168 g/mol. The minimum Gasteiger partial charge on any atom is -0.302 e. The number of hydrogen-bond donors (Lipinski definition) is 1. The summed E-state index contributed by atoms with van der Waals surface area (Å²) in [6.07, 6.45) is 1.64. The highest BCUT2D eigenvalue weighted by atomic mass is 32.2. The van der Waals surface area contributed by atoms with E-state index >= 15 is 0 Å². The molecule has 11 heavy (non-hydrogen) atoms. The molecule has 0 fully saturated rings. The van der Waals surface area contributed by atoms with Crippen LogP contribution in [0.2, 0.25) is 0 Å². The lowest BCUT2D eigenvalue weighted by Gasteiger charge is -1.95. The molecule has 0 radical (unpaired) electrons. The van der Waals surface area contributed by atoms with Gasteiger partial charge < -0.3 is 4.55 Å². The Labute approximate surface area is 67.8 Å². The van der Waals surface area contributed by atoms with Gasteiger partial charge in [0, 0.05) is 0 Å². The van der Waals surface area contributed by atoms with Gasteiger partial charge in [-0.3, -0.25) is 0 Å². The summed E-state index contributed by atoms with van der Waals surface area (Å²) in [5.74, 6) is 0. The minimum absolute atomic E-state index is 0.405. The van der Waals surface area contributed by atoms with Gasteiger partial charge >= 0.3 is 0 Å². The van der Waals surface area contributed by atoms with Gasteiger partial charge in [0.05, 0.1) is 4.90 Å². The Morgan fingerprint density at radius 3 is 2.82 bits per heavy atom. The molecule has 0 aliphatic rings. The van der Waals surface area contributed by atoms with Crippen molar-refractivity contribution in [2.24, 2.45) is 0 Å². The summed E-state index contributed by atoms with van der Waals surface area (Å²) < 4.78 is 19.2. The molecular formula is C8H8O2S. The fourth-order valence-electron chi connectivity index (χ4n) is 0.750. The van der Waals surface area contributed by atoms with Crippen LogP contribution >= 0.6 is 0 Å². The van der Waals surface area contributed by atoms with Crippen LogP contribution in [0.1, 0.15) is 5.56 Å². The lowest BCUT2D eigenvalue weighted by Crippen LogP contribution is -1.87. The maximum atomic E-state index is 10.5. The molecule has 0 aromatic heterocycles. The van der Waals surface area contributed by atoms with Crippen LogP contribution in [0.3, 0.4) is 0 Å². The quantitative estimate of drug-likeness (QED) is 0.685. The third-order valence-electron chi connectivity index (χ3n) is 1.30. The van der Waals surface area contributed by atoms with E-state index in [9.17, 15) is 4.21 Å². The highest BCUT2D eigenvalue weighted by Crippen LogP contribution is 2.08. The van der Waals surface area contributed by atoms with Crippen LogP contribution in [-0.2, 0) is 11.1 Å². The van der Waals surface area contributed by atoms with Gasteiger partial charge in [-0.15, -0.1) is 0 Å². The Kier molecular flexibility index (Phi) is 2.57. The zero-order valence-corrected chi connectivity index (χ0v) is 6.67. The van der Waals surface area contributed by atoms with Crippen molar-refractivity contribution in [1.29, 1.82) is 0 Å². The fraction of sp³-hybridized carbons (Fsp3) is 0. The van der Waals surface area contributed by atoms with Crippen molar-refractivity contribution in [3.63, 3.8) is 0 Å². The second-order valence-electron chi connectivity index (χ2n) is 2.03. The van der Waals surface area contributed by atoms with Gasteiger partial charge in [0.2, 0.25) is 0 Å². The molecule has 2 nitrogen and oxygen atoms in total. The lowest BCUT2D eigenvalue weighted by molar-refractivity contribution is 0.564. The Bertz CT molecular complexity index is 294. The summed E-state index contributed by atoms with van der Waals surface area (Å²) in [4.78, 5) is 0.405. The first-order chi connectivity index (χ1) is 5.24. The highest BCUT2D eigenvalue weighted by Gasteiger charge is 1.97. The molecule has 58 valence electrons. The topological polar surface area (TPSA) is 37.3 Å². The van der Waals surface area contributed by atoms with Crippen LogP contribution in [-0.4, -0.2) is 8.76 Å². The largest absolute Gasteiger partial charge is 0.302 e. The van der Waals surface area contributed by atoms with E-state index < -0.39 is 11.1 Å². The van der Waals surface area contributed by atoms with Crippen LogP contribution in [0.5, 0.6) is 0 Å². The van der Waals surface area contributed by atoms with Crippen LogP contribution in [0.25, 0.3) is 6.08 Å². The van der Waals surface area contributed by atoms with Crippen molar-refractivity contribution in [3.8, 4) is 0 Å². The molecular weight excluding hydrogens is 160 g/mol. The highest BCUT2D eigenvalue weighted by molar-refractivity contribution is 7.79. The molecule has 3 heteroatoms. The van der Waals surface area contributed by atoms with E-state index in [0.717, 1.165) is 5.56 Å². The SMILES string of the molecule is C=Cc1cccc(S(=O)O)c1. The van der Waals surface area contributed by atoms with E-state index in [4.69, 9.17) is 4.55 Å². The van der Waals surface area contributed by atoms with E-state index in [1.54, 1.807) is 24.3 Å². The second kappa shape index (κ2) is 3.46. The van der Waals surface area contributed by atoms with Gasteiger partial charge in [0.15, 0.2) is 11.1 Å². The van der Waals surface area contributed by atoms with Crippen molar-refractivity contribution in [2.75, 3.05) is 0 Å². The van der Waals surface area contributed by atoms with Crippen molar-refractivity contribution >= 4 is 17.2 Å². The van der Waals surface area contributed by atoms with Crippen LogP contribution in [0.15, 0.2) is 35.7 Å². The molecule has 0 saturated heterocycles. The second-order valence-corrected chi connectivity index (χ2v) is 3.00. The summed E-state index contributed by atoms with van der Waals surface area (Å²) in [7, 11) is 0. The van der Waals surface area contributed by atoms with Crippen molar-refractivity contribution in [1.82, 2.24) is 0 Å². The van der Waals surface area contributed by atoms with Gasteiger partial charge in [-0.1, -0.05) is 24.8 Å². The smallest absolute Gasteiger partial charge is 0.186 e.